The summed E-state index contributed by atoms with van der Waals surface area (Å²) < 4.78 is 0. The molecule has 2 nitrogen and oxygen atoms in total. The Morgan fingerprint density at radius 2 is 1.82 bits per heavy atom. The van der Waals surface area contributed by atoms with Crippen LogP contribution in [0.25, 0.3) is 0 Å². The van der Waals surface area contributed by atoms with Gasteiger partial charge in [0.25, 0.3) is 0 Å². The molecule has 17 heavy (non-hydrogen) atoms. The number of fused-ring (bicyclic) bond motifs is 7. The van der Waals surface area contributed by atoms with Crippen LogP contribution in [0.5, 0.6) is 0 Å². The molecule has 90 valence electrons. The van der Waals surface area contributed by atoms with E-state index < -0.39 is 0 Å². The van der Waals surface area contributed by atoms with Gasteiger partial charge >= 0.3 is 0 Å². The number of rotatable bonds is 3. The second-order valence-electron chi connectivity index (χ2n) is 6.15. The predicted molar refractivity (Wildman–Crippen MR) is 67.2 cm³/mol. The number of nitrogens with two attached hydrogens (primary N) is 1. The molecule has 0 bridgehead atoms. The molecule has 0 aromatic carbocycles. The van der Waals surface area contributed by atoms with Crippen molar-refractivity contribution in [2.24, 2.45) is 41.2 Å². The van der Waals surface area contributed by atoms with Crippen LogP contribution >= 0.6 is 0 Å². The third-order valence-electron chi connectivity index (χ3n) is 5.68. The van der Waals surface area contributed by atoms with E-state index in [1.165, 1.54) is 18.4 Å². The van der Waals surface area contributed by atoms with Crippen molar-refractivity contribution < 1.29 is 5.11 Å². The van der Waals surface area contributed by atoms with Gasteiger partial charge in [0.2, 0.25) is 0 Å². The van der Waals surface area contributed by atoms with Gasteiger partial charge in [0, 0.05) is 6.54 Å². The third kappa shape index (κ3) is 1.05. The number of allylic oxidation sites excluding steroid dienone is 2. The molecule has 0 radical (unpaired) electrons. The van der Waals surface area contributed by atoms with E-state index in [0.717, 1.165) is 41.1 Å². The number of aliphatic hydroxyl groups is 1. The van der Waals surface area contributed by atoms with Crippen LogP contribution in [0.2, 0.25) is 0 Å². The van der Waals surface area contributed by atoms with Crippen molar-refractivity contribution in [2.75, 3.05) is 6.54 Å². The lowest BCUT2D eigenvalue weighted by atomic mass is 9.39. The van der Waals surface area contributed by atoms with Crippen LogP contribution < -0.4 is 5.73 Å². The molecule has 0 saturated heterocycles. The molecular weight excluding hydrogens is 210 g/mol. The molecule has 0 aliphatic heterocycles. The molecule has 0 amide bonds. The lowest BCUT2D eigenvalue weighted by Gasteiger charge is -2.65. The van der Waals surface area contributed by atoms with Crippen molar-refractivity contribution in [2.45, 2.75) is 12.8 Å². The van der Waals surface area contributed by atoms with E-state index in [1.807, 2.05) is 6.08 Å². The van der Waals surface area contributed by atoms with Crippen LogP contribution in [0.3, 0.4) is 0 Å². The highest BCUT2D eigenvalue weighted by atomic mass is 16.3. The van der Waals surface area contributed by atoms with E-state index in [9.17, 15) is 5.11 Å². The van der Waals surface area contributed by atoms with E-state index in [-0.39, 0.29) is 0 Å². The Morgan fingerprint density at radius 1 is 1.24 bits per heavy atom. The second kappa shape index (κ2) is 3.05. The van der Waals surface area contributed by atoms with E-state index in [1.54, 1.807) is 6.08 Å². The summed E-state index contributed by atoms with van der Waals surface area (Å²) in [7, 11) is 0. The maximum atomic E-state index is 10.1. The maximum absolute atomic E-state index is 10.1. The molecular formula is C15H19NO. The highest BCUT2D eigenvalue weighted by molar-refractivity contribution is 5.48. The lowest BCUT2D eigenvalue weighted by Crippen LogP contribution is -2.60. The summed E-state index contributed by atoms with van der Waals surface area (Å²) in [6, 6.07) is 0. The minimum atomic E-state index is 0.460. The highest BCUT2D eigenvalue weighted by Crippen LogP contribution is 2.83. The van der Waals surface area contributed by atoms with Crippen LogP contribution in [0.4, 0.5) is 0 Å². The molecule has 4 aliphatic carbocycles. The molecule has 5 unspecified atom stereocenters. The first-order chi connectivity index (χ1) is 8.24. The van der Waals surface area contributed by atoms with Crippen molar-refractivity contribution in [3.8, 4) is 0 Å². The Kier molecular flexibility index (Phi) is 1.79. The van der Waals surface area contributed by atoms with Gasteiger partial charge in [0.1, 0.15) is 5.76 Å². The smallest absolute Gasteiger partial charge is 0.115 e. The SMILES string of the molecule is C=C(/C=C\C(O)=C1C2C1[C@H]1C3CCC3C21)CN. The van der Waals surface area contributed by atoms with Crippen LogP contribution in [0.1, 0.15) is 12.8 Å². The molecule has 4 rings (SSSR count). The molecule has 0 aromatic rings. The normalized spacial score (nSPS) is 51.4. The van der Waals surface area contributed by atoms with E-state index in [4.69, 9.17) is 5.73 Å². The average Bonchev–Trinajstić information content (AvgIpc) is 2.96. The van der Waals surface area contributed by atoms with Gasteiger partial charge in [-0.15, -0.1) is 0 Å². The van der Waals surface area contributed by atoms with Gasteiger partial charge in [0.15, 0.2) is 0 Å². The summed E-state index contributed by atoms with van der Waals surface area (Å²) in [6.45, 7) is 4.27. The van der Waals surface area contributed by atoms with Crippen molar-refractivity contribution in [1.82, 2.24) is 0 Å². The van der Waals surface area contributed by atoms with Crippen molar-refractivity contribution in [3.63, 3.8) is 0 Å². The average molecular weight is 229 g/mol. The number of hydrogen-bond acceptors (Lipinski definition) is 2. The predicted octanol–water partition coefficient (Wildman–Crippen LogP) is 2.40. The number of aliphatic hydroxyl groups excluding tert-OH is 1. The molecule has 0 aromatic heterocycles. The summed E-state index contributed by atoms with van der Waals surface area (Å²) in [4.78, 5) is 0. The van der Waals surface area contributed by atoms with Crippen molar-refractivity contribution >= 4 is 0 Å². The van der Waals surface area contributed by atoms with Gasteiger partial charge in [-0.05, 0) is 65.6 Å². The zero-order chi connectivity index (χ0) is 11.7. The van der Waals surface area contributed by atoms with Crippen molar-refractivity contribution in [1.29, 1.82) is 0 Å². The van der Waals surface area contributed by atoms with Crippen LogP contribution in [0, 0.1) is 35.5 Å². The Balaban J connectivity index is 1.50. The Bertz CT molecular complexity index is 438. The van der Waals surface area contributed by atoms with Crippen molar-refractivity contribution in [3.05, 3.63) is 35.6 Å². The van der Waals surface area contributed by atoms with Crippen LogP contribution in [-0.4, -0.2) is 11.7 Å². The second-order valence-corrected chi connectivity index (χ2v) is 6.15. The zero-order valence-electron chi connectivity index (χ0n) is 9.97. The fourth-order valence-electron chi connectivity index (χ4n) is 4.70. The van der Waals surface area contributed by atoms with Crippen LogP contribution in [-0.2, 0) is 0 Å². The highest BCUT2D eigenvalue weighted by Gasteiger charge is 2.78. The standard InChI is InChI=1S/C15H19NO/c1-7(6-16)2-5-10(17)13-14-11-8-3-4-9(8)12(11)15(13)14/h2,5,8-9,11-12,14-15,17H,1,3-4,6,16H2/b5-2-,13-10?/t8?,9?,11-,12?,14?,15?/m0/s1. The molecule has 0 spiro atoms. The zero-order valence-corrected chi connectivity index (χ0v) is 9.97. The first-order valence-electron chi connectivity index (χ1n) is 6.73. The molecule has 4 aliphatic rings. The van der Waals surface area contributed by atoms with Gasteiger partial charge in [0.05, 0.1) is 0 Å². The largest absolute Gasteiger partial charge is 0.508 e. The van der Waals surface area contributed by atoms with Gasteiger partial charge in [-0.2, -0.15) is 0 Å². The summed E-state index contributed by atoms with van der Waals surface area (Å²) in [5.74, 6) is 5.94. The molecule has 6 atom stereocenters. The minimum absolute atomic E-state index is 0.460. The summed E-state index contributed by atoms with van der Waals surface area (Å²) in [5.41, 5.74) is 7.68. The van der Waals surface area contributed by atoms with E-state index >= 15 is 0 Å². The summed E-state index contributed by atoms with van der Waals surface area (Å²) >= 11 is 0. The molecule has 4 saturated carbocycles. The van der Waals surface area contributed by atoms with Crippen LogP contribution in [0.15, 0.2) is 35.6 Å². The lowest BCUT2D eigenvalue weighted by molar-refractivity contribution is -0.174. The molecule has 0 heterocycles. The monoisotopic (exact) mass is 229 g/mol. The maximum Gasteiger partial charge on any atom is 0.115 e. The summed E-state index contributed by atoms with van der Waals surface area (Å²) in [6.07, 6.45) is 6.53. The summed E-state index contributed by atoms with van der Waals surface area (Å²) in [5, 5.41) is 10.1. The number of hydrogen-bond donors (Lipinski definition) is 2. The fraction of sp³-hybridized carbons (Fsp3) is 0.600. The fourth-order valence-corrected chi connectivity index (χ4v) is 4.70. The Hall–Kier alpha value is -1.02. The minimum Gasteiger partial charge on any atom is -0.508 e. The van der Waals surface area contributed by atoms with Gasteiger partial charge in [-0.3, -0.25) is 0 Å². The quantitative estimate of drug-likeness (QED) is 0.576. The van der Waals surface area contributed by atoms with Gasteiger partial charge in [-0.1, -0.05) is 12.7 Å². The molecule has 3 N–H and O–H groups in total. The molecule has 4 fully saturated rings. The van der Waals surface area contributed by atoms with Gasteiger partial charge < -0.3 is 10.8 Å². The topological polar surface area (TPSA) is 46.2 Å². The first-order valence-corrected chi connectivity index (χ1v) is 6.73. The first kappa shape index (κ1) is 9.95. The third-order valence-corrected chi connectivity index (χ3v) is 5.68. The Labute approximate surface area is 102 Å². The van der Waals surface area contributed by atoms with Gasteiger partial charge in [-0.25, -0.2) is 0 Å². The molecule has 2 heteroatoms. The van der Waals surface area contributed by atoms with E-state index in [0.29, 0.717) is 12.3 Å². The Morgan fingerprint density at radius 3 is 2.29 bits per heavy atom. The van der Waals surface area contributed by atoms with E-state index in [2.05, 4.69) is 6.58 Å².